The Labute approximate surface area is 233 Å². The highest BCUT2D eigenvalue weighted by Crippen LogP contribution is 2.44. The normalized spacial score (nSPS) is 12.6. The summed E-state index contributed by atoms with van der Waals surface area (Å²) in [5, 5.41) is 2.65. The number of benzene rings is 4. The van der Waals surface area contributed by atoms with Gasteiger partial charge in [0.15, 0.2) is 6.04 Å². The third-order valence-corrected chi connectivity index (χ3v) is 6.86. The molecule has 0 saturated carbocycles. The fraction of sp³-hybridized carbons (Fsp3) is 0.212. The van der Waals surface area contributed by atoms with E-state index in [1.807, 2.05) is 66.7 Å². The highest BCUT2D eigenvalue weighted by atomic mass is 16.6. The Morgan fingerprint density at radius 1 is 0.725 bits per heavy atom. The Morgan fingerprint density at radius 3 is 1.98 bits per heavy atom. The van der Waals surface area contributed by atoms with E-state index < -0.39 is 18.1 Å². The molecule has 7 heteroatoms. The van der Waals surface area contributed by atoms with Crippen molar-refractivity contribution in [2.45, 2.75) is 25.2 Å². The van der Waals surface area contributed by atoms with Crippen molar-refractivity contribution in [2.24, 2.45) is 0 Å². The third-order valence-electron chi connectivity index (χ3n) is 6.86. The second-order valence-electron chi connectivity index (χ2n) is 9.48. The van der Waals surface area contributed by atoms with Crippen LogP contribution in [0.2, 0.25) is 0 Å². The zero-order valence-corrected chi connectivity index (χ0v) is 22.2. The minimum Gasteiger partial charge on any atom is -0.497 e. The first-order valence-electron chi connectivity index (χ1n) is 13.1. The molecule has 0 heterocycles. The average Bonchev–Trinajstić information content (AvgIpc) is 3.32. The van der Waals surface area contributed by atoms with Gasteiger partial charge in [-0.1, -0.05) is 91.0 Å². The molecule has 0 radical (unpaired) electrons. The molecule has 5 rings (SSSR count). The summed E-state index contributed by atoms with van der Waals surface area (Å²) >= 11 is 0. The minimum absolute atomic E-state index is 0.0460. The van der Waals surface area contributed by atoms with Gasteiger partial charge in [0.1, 0.15) is 19.0 Å². The van der Waals surface area contributed by atoms with Gasteiger partial charge in [-0.05, 0) is 45.5 Å². The molecule has 0 aromatic heterocycles. The number of carbonyl (C=O) groups is 2. The second kappa shape index (κ2) is 13.0. The molecule has 0 saturated heterocycles. The fourth-order valence-electron chi connectivity index (χ4n) is 4.80. The van der Waals surface area contributed by atoms with Gasteiger partial charge in [-0.25, -0.2) is 9.59 Å². The van der Waals surface area contributed by atoms with Crippen molar-refractivity contribution in [1.82, 2.24) is 5.32 Å². The van der Waals surface area contributed by atoms with E-state index in [0.29, 0.717) is 5.75 Å². The van der Waals surface area contributed by atoms with Crippen LogP contribution in [0.25, 0.3) is 11.1 Å². The van der Waals surface area contributed by atoms with Gasteiger partial charge in [-0.3, -0.25) is 0 Å². The first kappa shape index (κ1) is 27.0. The number of hydrogen-bond acceptors (Lipinski definition) is 6. The number of hydrogen-bond donors (Lipinski definition) is 1. The molecule has 1 aliphatic carbocycles. The summed E-state index contributed by atoms with van der Waals surface area (Å²) in [5.74, 6) is 0.00419. The Hall–Kier alpha value is -4.62. The van der Waals surface area contributed by atoms with Crippen LogP contribution in [0.5, 0.6) is 5.75 Å². The SMILES string of the molecule is COc1ccc(COC(=O)[C@H](COCc2ccccc2)NC(=O)OCC2c3ccccc3-c3ccccc32)cc1. The lowest BCUT2D eigenvalue weighted by Crippen LogP contribution is -2.45. The zero-order valence-electron chi connectivity index (χ0n) is 22.2. The van der Waals surface area contributed by atoms with Crippen molar-refractivity contribution in [2.75, 3.05) is 20.3 Å². The molecule has 0 aliphatic heterocycles. The highest BCUT2D eigenvalue weighted by molar-refractivity contribution is 5.82. The van der Waals surface area contributed by atoms with Crippen LogP contribution in [-0.2, 0) is 32.2 Å². The molecule has 1 amide bonds. The van der Waals surface area contributed by atoms with Crippen molar-refractivity contribution < 1.29 is 28.5 Å². The third kappa shape index (κ3) is 6.50. The number of amides is 1. The lowest BCUT2D eigenvalue weighted by atomic mass is 9.98. The summed E-state index contributed by atoms with van der Waals surface area (Å²) in [6.45, 7) is 0.402. The van der Waals surface area contributed by atoms with Gasteiger partial charge in [-0.2, -0.15) is 0 Å². The van der Waals surface area contributed by atoms with Gasteiger partial charge in [0.25, 0.3) is 0 Å². The summed E-state index contributed by atoms with van der Waals surface area (Å²) in [7, 11) is 1.59. The molecular weight excluding hydrogens is 506 g/mol. The molecule has 1 aliphatic rings. The van der Waals surface area contributed by atoms with E-state index >= 15 is 0 Å². The number of ether oxygens (including phenoxy) is 4. The van der Waals surface area contributed by atoms with Crippen LogP contribution in [0.3, 0.4) is 0 Å². The largest absolute Gasteiger partial charge is 0.497 e. The number of methoxy groups -OCH3 is 1. The summed E-state index contributed by atoms with van der Waals surface area (Å²) in [5.41, 5.74) is 6.24. The maximum absolute atomic E-state index is 13.0. The number of esters is 1. The van der Waals surface area contributed by atoms with E-state index in [1.54, 1.807) is 19.2 Å². The van der Waals surface area contributed by atoms with E-state index in [-0.39, 0.29) is 32.3 Å². The van der Waals surface area contributed by atoms with Gasteiger partial charge in [0.2, 0.25) is 0 Å². The van der Waals surface area contributed by atoms with Crippen molar-refractivity contribution in [3.63, 3.8) is 0 Å². The van der Waals surface area contributed by atoms with Gasteiger partial charge < -0.3 is 24.3 Å². The molecule has 4 aromatic carbocycles. The van der Waals surface area contributed by atoms with E-state index in [2.05, 4.69) is 29.6 Å². The van der Waals surface area contributed by atoms with E-state index in [4.69, 9.17) is 18.9 Å². The second-order valence-corrected chi connectivity index (χ2v) is 9.48. The van der Waals surface area contributed by atoms with Crippen molar-refractivity contribution in [1.29, 1.82) is 0 Å². The first-order chi connectivity index (χ1) is 19.6. The Balaban J connectivity index is 1.21. The lowest BCUT2D eigenvalue weighted by molar-refractivity contribution is -0.149. The molecule has 0 fully saturated rings. The van der Waals surface area contributed by atoms with Crippen LogP contribution < -0.4 is 10.1 Å². The van der Waals surface area contributed by atoms with Crippen LogP contribution in [-0.4, -0.2) is 38.4 Å². The maximum atomic E-state index is 13.0. The number of nitrogens with one attached hydrogen (secondary N) is 1. The van der Waals surface area contributed by atoms with E-state index in [1.165, 1.54) is 0 Å². The summed E-state index contributed by atoms with van der Waals surface area (Å²) in [6.07, 6.45) is -0.712. The molecule has 0 bridgehead atoms. The predicted octanol–water partition coefficient (Wildman–Crippen LogP) is 5.86. The summed E-state index contributed by atoms with van der Waals surface area (Å²) in [6, 6.07) is 32.0. The van der Waals surface area contributed by atoms with Gasteiger partial charge in [-0.15, -0.1) is 0 Å². The van der Waals surface area contributed by atoms with Gasteiger partial charge in [0.05, 0.1) is 20.3 Å². The summed E-state index contributed by atoms with van der Waals surface area (Å²) < 4.78 is 22.1. The van der Waals surface area contributed by atoms with Crippen LogP contribution in [0.4, 0.5) is 4.79 Å². The number of alkyl carbamates (subject to hydrolysis) is 1. The molecule has 204 valence electrons. The quantitative estimate of drug-likeness (QED) is 0.241. The van der Waals surface area contributed by atoms with Crippen LogP contribution in [0.15, 0.2) is 103 Å². The zero-order chi connectivity index (χ0) is 27.7. The standard InChI is InChI=1S/C33H31NO6/c1-37-25-17-15-24(16-18-25)20-39-32(35)31(22-38-19-23-9-3-2-4-10-23)34-33(36)40-21-30-28-13-7-5-11-26(28)27-12-6-8-14-29(27)30/h2-18,30-31H,19-22H2,1H3,(H,34,36)/t31-/m0/s1. The van der Waals surface area contributed by atoms with Gasteiger partial charge >= 0.3 is 12.1 Å². The lowest BCUT2D eigenvalue weighted by Gasteiger charge is -2.19. The number of rotatable bonds is 11. The van der Waals surface area contributed by atoms with Crippen molar-refractivity contribution >= 4 is 12.1 Å². The maximum Gasteiger partial charge on any atom is 0.407 e. The average molecular weight is 538 g/mol. The first-order valence-corrected chi connectivity index (χ1v) is 13.1. The van der Waals surface area contributed by atoms with Crippen molar-refractivity contribution in [3.05, 3.63) is 125 Å². The molecule has 0 spiro atoms. The predicted molar refractivity (Wildman–Crippen MR) is 151 cm³/mol. The van der Waals surface area contributed by atoms with Gasteiger partial charge in [0, 0.05) is 5.92 Å². The van der Waals surface area contributed by atoms with Crippen LogP contribution >= 0.6 is 0 Å². The van der Waals surface area contributed by atoms with E-state index in [0.717, 1.165) is 33.4 Å². The number of carbonyl (C=O) groups excluding carboxylic acids is 2. The fourth-order valence-corrected chi connectivity index (χ4v) is 4.80. The summed E-state index contributed by atoms with van der Waals surface area (Å²) in [4.78, 5) is 25.9. The molecular formula is C33H31NO6. The molecule has 40 heavy (non-hydrogen) atoms. The Kier molecular flexibility index (Phi) is 8.73. The Morgan fingerprint density at radius 2 is 1.32 bits per heavy atom. The molecule has 1 atom stereocenters. The Bertz CT molecular complexity index is 1390. The topological polar surface area (TPSA) is 83.1 Å². The molecule has 0 unspecified atom stereocenters. The molecule has 7 nitrogen and oxygen atoms in total. The molecule has 1 N–H and O–H groups in total. The highest BCUT2D eigenvalue weighted by Gasteiger charge is 2.30. The van der Waals surface area contributed by atoms with Crippen LogP contribution in [0, 0.1) is 0 Å². The van der Waals surface area contributed by atoms with Crippen molar-refractivity contribution in [3.8, 4) is 16.9 Å². The van der Waals surface area contributed by atoms with Crippen LogP contribution in [0.1, 0.15) is 28.2 Å². The van der Waals surface area contributed by atoms with E-state index in [9.17, 15) is 9.59 Å². The smallest absolute Gasteiger partial charge is 0.407 e. The minimum atomic E-state index is -1.04. The monoisotopic (exact) mass is 537 g/mol. The molecule has 4 aromatic rings. The number of fused-ring (bicyclic) bond motifs is 3.